The third-order valence-electron chi connectivity index (χ3n) is 4.24. The number of likely N-dealkylation sites (tertiary alicyclic amines) is 1. The Hall–Kier alpha value is -1.43. The zero-order valence-electron chi connectivity index (χ0n) is 11.4. The fraction of sp³-hybridized carbons (Fsp3) is 0.769. The Bertz CT molecular complexity index is 410. The van der Waals surface area contributed by atoms with Gasteiger partial charge in [0.15, 0.2) is 0 Å². The fourth-order valence-corrected chi connectivity index (χ4v) is 2.97. The number of carbonyl (C=O) groups excluding carboxylic acids is 3. The maximum Gasteiger partial charge on any atom is 0.252 e. The molecule has 1 aliphatic heterocycles. The molecule has 2 rings (SSSR count). The van der Waals surface area contributed by atoms with Crippen LogP contribution >= 0.6 is 0 Å². The van der Waals surface area contributed by atoms with Crippen molar-refractivity contribution in [2.75, 3.05) is 7.05 Å². The number of imide groups is 1. The maximum atomic E-state index is 12.2. The maximum absolute atomic E-state index is 12.2. The van der Waals surface area contributed by atoms with Crippen LogP contribution in [-0.2, 0) is 14.4 Å². The van der Waals surface area contributed by atoms with E-state index in [0.717, 1.165) is 24.2 Å². The molecular weight excluding hydrogens is 246 g/mol. The molecule has 3 N–H and O–H groups in total. The number of nitrogens with zero attached hydrogens (tertiary/aromatic N) is 1. The summed E-state index contributed by atoms with van der Waals surface area (Å²) in [5, 5.41) is 2.71. The van der Waals surface area contributed by atoms with Crippen LogP contribution in [0.5, 0.6) is 0 Å². The molecule has 0 aromatic carbocycles. The number of hydrogen-bond donors (Lipinski definition) is 2. The van der Waals surface area contributed by atoms with Crippen LogP contribution in [0.25, 0.3) is 0 Å². The summed E-state index contributed by atoms with van der Waals surface area (Å²) in [7, 11) is 1.44. The first kappa shape index (κ1) is 14.0. The van der Waals surface area contributed by atoms with Crippen LogP contribution < -0.4 is 11.1 Å². The molecule has 2 aliphatic rings. The minimum Gasteiger partial charge on any atom is -0.344 e. The summed E-state index contributed by atoms with van der Waals surface area (Å²) in [6.45, 7) is 2.01. The highest BCUT2D eigenvalue weighted by Gasteiger charge is 2.39. The highest BCUT2D eigenvalue weighted by Crippen LogP contribution is 2.29. The molecule has 0 aromatic heterocycles. The van der Waals surface area contributed by atoms with Crippen molar-refractivity contribution in [2.45, 2.75) is 44.7 Å². The molecule has 6 nitrogen and oxygen atoms in total. The average molecular weight is 267 g/mol. The zero-order valence-corrected chi connectivity index (χ0v) is 11.4. The van der Waals surface area contributed by atoms with E-state index in [-0.39, 0.29) is 42.0 Å². The highest BCUT2D eigenvalue weighted by molar-refractivity contribution is 6.06. The van der Waals surface area contributed by atoms with Crippen LogP contribution in [0.2, 0.25) is 0 Å². The van der Waals surface area contributed by atoms with Gasteiger partial charge in [0.1, 0.15) is 6.04 Å². The van der Waals surface area contributed by atoms with E-state index in [1.807, 2.05) is 6.92 Å². The van der Waals surface area contributed by atoms with Crippen LogP contribution in [0.15, 0.2) is 0 Å². The largest absolute Gasteiger partial charge is 0.344 e. The molecule has 0 spiro atoms. The summed E-state index contributed by atoms with van der Waals surface area (Å²) in [5.74, 6) is -0.573. The Morgan fingerprint density at radius 1 is 1.37 bits per heavy atom. The number of amides is 3. The Morgan fingerprint density at radius 2 is 2.05 bits per heavy atom. The molecule has 6 heteroatoms. The lowest BCUT2D eigenvalue weighted by molar-refractivity contribution is -0.138. The molecule has 0 bridgehead atoms. The molecule has 19 heavy (non-hydrogen) atoms. The molecule has 0 radical (unpaired) electrons. The molecule has 4 unspecified atom stereocenters. The van der Waals surface area contributed by atoms with Gasteiger partial charge in [-0.15, -0.1) is 0 Å². The SMILES string of the molecule is CC1CC(N)CCC1C(=O)NC1CC(=O)N(C)C1=O. The first-order valence-corrected chi connectivity index (χ1v) is 6.76. The molecule has 2 fully saturated rings. The van der Waals surface area contributed by atoms with E-state index in [0.29, 0.717) is 0 Å². The summed E-state index contributed by atoms with van der Waals surface area (Å²) in [6, 6.07) is -0.521. The molecule has 1 saturated carbocycles. The molecular formula is C13H21N3O3. The smallest absolute Gasteiger partial charge is 0.252 e. The number of nitrogens with one attached hydrogen (secondary N) is 1. The topological polar surface area (TPSA) is 92.5 Å². The van der Waals surface area contributed by atoms with E-state index in [1.165, 1.54) is 7.05 Å². The number of rotatable bonds is 2. The summed E-state index contributed by atoms with van der Waals surface area (Å²) >= 11 is 0. The van der Waals surface area contributed by atoms with Crippen molar-refractivity contribution in [1.29, 1.82) is 0 Å². The van der Waals surface area contributed by atoms with E-state index in [9.17, 15) is 14.4 Å². The van der Waals surface area contributed by atoms with E-state index in [2.05, 4.69) is 5.32 Å². The molecule has 1 saturated heterocycles. The second-order valence-electron chi connectivity index (χ2n) is 5.71. The van der Waals surface area contributed by atoms with Crippen molar-refractivity contribution >= 4 is 17.7 Å². The lowest BCUT2D eigenvalue weighted by Crippen LogP contribution is -2.46. The van der Waals surface area contributed by atoms with Gasteiger partial charge < -0.3 is 11.1 Å². The predicted octanol–water partition coefficient (Wildman–Crippen LogP) is -0.377. The molecule has 3 amide bonds. The van der Waals surface area contributed by atoms with Gasteiger partial charge in [0, 0.05) is 19.0 Å². The summed E-state index contributed by atoms with van der Waals surface area (Å²) in [4.78, 5) is 36.4. The summed E-state index contributed by atoms with van der Waals surface area (Å²) in [6.07, 6.45) is 2.48. The third kappa shape index (κ3) is 2.78. The van der Waals surface area contributed by atoms with Gasteiger partial charge in [-0.1, -0.05) is 6.92 Å². The number of hydrogen-bond acceptors (Lipinski definition) is 4. The molecule has 106 valence electrons. The van der Waals surface area contributed by atoms with E-state index in [1.54, 1.807) is 0 Å². The first-order valence-electron chi connectivity index (χ1n) is 6.76. The Kier molecular flexibility index (Phi) is 3.89. The summed E-state index contributed by atoms with van der Waals surface area (Å²) in [5.41, 5.74) is 5.87. The van der Waals surface area contributed by atoms with Crippen LogP contribution in [0.4, 0.5) is 0 Å². The van der Waals surface area contributed by atoms with Crippen molar-refractivity contribution < 1.29 is 14.4 Å². The van der Waals surface area contributed by atoms with Crippen LogP contribution in [0.1, 0.15) is 32.6 Å². The van der Waals surface area contributed by atoms with Gasteiger partial charge in [0.05, 0.1) is 6.42 Å². The van der Waals surface area contributed by atoms with E-state index < -0.39 is 6.04 Å². The van der Waals surface area contributed by atoms with Gasteiger partial charge in [0.2, 0.25) is 11.8 Å². The third-order valence-corrected chi connectivity index (χ3v) is 4.24. The van der Waals surface area contributed by atoms with Crippen molar-refractivity contribution in [1.82, 2.24) is 10.2 Å². The molecule has 4 atom stereocenters. The van der Waals surface area contributed by atoms with Gasteiger partial charge in [0.25, 0.3) is 5.91 Å². The first-order chi connectivity index (χ1) is 8.90. The predicted molar refractivity (Wildman–Crippen MR) is 68.8 cm³/mol. The van der Waals surface area contributed by atoms with Crippen molar-refractivity contribution in [3.05, 3.63) is 0 Å². The second kappa shape index (κ2) is 5.28. The number of likely N-dealkylation sites (N-methyl/N-ethyl adjacent to an activating group) is 1. The normalized spacial score (nSPS) is 35.6. The van der Waals surface area contributed by atoms with Crippen molar-refractivity contribution in [3.8, 4) is 0 Å². The minimum atomic E-state index is -0.687. The van der Waals surface area contributed by atoms with Crippen molar-refractivity contribution in [2.24, 2.45) is 17.6 Å². The van der Waals surface area contributed by atoms with Gasteiger partial charge in [-0.3, -0.25) is 19.3 Å². The van der Waals surface area contributed by atoms with Crippen molar-refractivity contribution in [3.63, 3.8) is 0 Å². The van der Waals surface area contributed by atoms with Crippen LogP contribution in [-0.4, -0.2) is 41.8 Å². The minimum absolute atomic E-state index is 0.0711. The highest BCUT2D eigenvalue weighted by atomic mass is 16.2. The van der Waals surface area contributed by atoms with E-state index in [4.69, 9.17) is 5.73 Å². The van der Waals surface area contributed by atoms with Gasteiger partial charge in [-0.05, 0) is 25.2 Å². The standard InChI is InChI=1S/C13H21N3O3/c1-7-5-8(14)3-4-9(7)12(18)15-10-6-11(17)16(2)13(10)19/h7-10H,3-6,14H2,1-2H3,(H,15,18). The Morgan fingerprint density at radius 3 is 2.58 bits per heavy atom. The monoisotopic (exact) mass is 267 g/mol. The average Bonchev–Trinajstić information content (AvgIpc) is 2.57. The lowest BCUT2D eigenvalue weighted by atomic mass is 9.77. The quantitative estimate of drug-likeness (QED) is 0.667. The number of nitrogens with two attached hydrogens (primary N) is 1. The van der Waals surface area contributed by atoms with Gasteiger partial charge >= 0.3 is 0 Å². The fourth-order valence-electron chi connectivity index (χ4n) is 2.97. The van der Waals surface area contributed by atoms with Crippen LogP contribution in [0.3, 0.4) is 0 Å². The molecule has 1 heterocycles. The number of carbonyl (C=O) groups is 3. The van der Waals surface area contributed by atoms with Gasteiger partial charge in [-0.25, -0.2) is 0 Å². The van der Waals surface area contributed by atoms with E-state index >= 15 is 0 Å². The second-order valence-corrected chi connectivity index (χ2v) is 5.71. The van der Waals surface area contributed by atoms with Gasteiger partial charge in [-0.2, -0.15) is 0 Å². The lowest BCUT2D eigenvalue weighted by Gasteiger charge is -2.31. The van der Waals surface area contributed by atoms with Crippen LogP contribution in [0, 0.1) is 11.8 Å². The Balaban J connectivity index is 1.95. The summed E-state index contributed by atoms with van der Waals surface area (Å²) < 4.78 is 0. The molecule has 0 aromatic rings. The molecule has 1 aliphatic carbocycles. The zero-order chi connectivity index (χ0) is 14.2. The Labute approximate surface area is 112 Å².